The van der Waals surface area contributed by atoms with Crippen LogP contribution in [0.15, 0.2) is 52.2 Å². The molecule has 152 valence electrons. The monoisotopic (exact) mass is 422 g/mol. The summed E-state index contributed by atoms with van der Waals surface area (Å²) < 4.78 is 46.5. The summed E-state index contributed by atoms with van der Waals surface area (Å²) in [5.74, 6) is 1.28. The van der Waals surface area contributed by atoms with Gasteiger partial charge in [0.1, 0.15) is 11.6 Å². The van der Waals surface area contributed by atoms with Crippen molar-refractivity contribution in [1.29, 1.82) is 0 Å². The van der Waals surface area contributed by atoms with Gasteiger partial charge in [-0.3, -0.25) is 9.36 Å². The van der Waals surface area contributed by atoms with Crippen molar-refractivity contribution >= 4 is 23.4 Å². The van der Waals surface area contributed by atoms with Gasteiger partial charge in [0.2, 0.25) is 5.91 Å². The maximum Gasteiger partial charge on any atom is 0.418 e. The number of hydrogen-bond donors (Lipinski definition) is 1. The summed E-state index contributed by atoms with van der Waals surface area (Å²) in [7, 11) is 0. The largest absolute Gasteiger partial charge is 0.467 e. The van der Waals surface area contributed by atoms with Crippen molar-refractivity contribution in [2.24, 2.45) is 0 Å². The van der Waals surface area contributed by atoms with Gasteiger partial charge in [-0.05, 0) is 37.1 Å². The minimum atomic E-state index is -4.54. The molecular formula is C19H17F3N4O2S. The number of amides is 1. The lowest BCUT2D eigenvalue weighted by molar-refractivity contribution is -0.137. The smallest absolute Gasteiger partial charge is 0.418 e. The highest BCUT2D eigenvalue weighted by molar-refractivity contribution is 7.99. The van der Waals surface area contributed by atoms with Gasteiger partial charge in [0.25, 0.3) is 0 Å². The van der Waals surface area contributed by atoms with E-state index < -0.39 is 17.6 Å². The molecule has 1 aliphatic carbocycles. The van der Waals surface area contributed by atoms with E-state index in [0.717, 1.165) is 42.3 Å². The maximum atomic E-state index is 13.1. The molecule has 0 spiro atoms. The summed E-state index contributed by atoms with van der Waals surface area (Å²) in [5, 5.41) is 11.3. The van der Waals surface area contributed by atoms with Crippen LogP contribution in [0.4, 0.5) is 18.9 Å². The molecule has 0 bridgehead atoms. The van der Waals surface area contributed by atoms with E-state index in [1.165, 1.54) is 18.2 Å². The molecule has 1 saturated carbocycles. The van der Waals surface area contributed by atoms with Crippen LogP contribution in [0.3, 0.4) is 0 Å². The number of aromatic nitrogens is 3. The molecule has 0 unspecified atom stereocenters. The van der Waals surface area contributed by atoms with Gasteiger partial charge >= 0.3 is 6.18 Å². The van der Waals surface area contributed by atoms with Gasteiger partial charge in [0, 0.05) is 5.92 Å². The minimum absolute atomic E-state index is 0.0901. The van der Waals surface area contributed by atoms with Gasteiger partial charge in [-0.25, -0.2) is 0 Å². The Balaban J connectivity index is 1.45. The van der Waals surface area contributed by atoms with Crippen LogP contribution in [0.1, 0.15) is 35.9 Å². The Hall–Kier alpha value is -2.75. The first-order chi connectivity index (χ1) is 13.9. The van der Waals surface area contributed by atoms with Crippen LogP contribution in [-0.4, -0.2) is 26.4 Å². The first-order valence-corrected chi connectivity index (χ1v) is 9.94. The van der Waals surface area contributed by atoms with Crippen molar-refractivity contribution in [3.63, 3.8) is 0 Å². The molecule has 1 aliphatic rings. The molecule has 10 heteroatoms. The summed E-state index contributed by atoms with van der Waals surface area (Å²) >= 11 is 1.13. The Morgan fingerprint density at radius 3 is 2.69 bits per heavy atom. The van der Waals surface area contributed by atoms with Crippen molar-refractivity contribution in [2.75, 3.05) is 11.1 Å². The Bertz CT molecular complexity index is 997. The number of para-hydroxylation sites is 1. The zero-order chi connectivity index (χ0) is 20.4. The van der Waals surface area contributed by atoms with Crippen LogP contribution in [0.5, 0.6) is 0 Å². The molecule has 6 nitrogen and oxygen atoms in total. The molecule has 3 aromatic rings. The molecule has 1 N–H and O–H groups in total. The Kier molecular flexibility index (Phi) is 5.35. The van der Waals surface area contributed by atoms with E-state index in [2.05, 4.69) is 15.5 Å². The number of rotatable bonds is 7. The lowest BCUT2D eigenvalue weighted by Gasteiger charge is -2.13. The van der Waals surface area contributed by atoms with Gasteiger partial charge in [0.15, 0.2) is 5.16 Å². The predicted molar refractivity (Wildman–Crippen MR) is 101 cm³/mol. The van der Waals surface area contributed by atoms with Crippen LogP contribution in [-0.2, 0) is 17.5 Å². The molecule has 1 amide bonds. The molecule has 0 atom stereocenters. The molecule has 0 aliphatic heterocycles. The van der Waals surface area contributed by atoms with Gasteiger partial charge < -0.3 is 9.73 Å². The third-order valence-corrected chi connectivity index (χ3v) is 5.39. The zero-order valence-corrected chi connectivity index (χ0v) is 16.0. The van der Waals surface area contributed by atoms with Gasteiger partial charge in [-0.2, -0.15) is 13.2 Å². The number of thioether (sulfide) groups is 1. The van der Waals surface area contributed by atoms with Crippen LogP contribution < -0.4 is 5.32 Å². The number of hydrogen-bond acceptors (Lipinski definition) is 5. The molecule has 29 heavy (non-hydrogen) atoms. The average Bonchev–Trinajstić information content (AvgIpc) is 3.24. The van der Waals surface area contributed by atoms with E-state index in [-0.39, 0.29) is 11.4 Å². The molecule has 2 aromatic heterocycles. The van der Waals surface area contributed by atoms with E-state index in [0.29, 0.717) is 17.6 Å². The van der Waals surface area contributed by atoms with Crippen LogP contribution in [0.25, 0.3) is 0 Å². The van der Waals surface area contributed by atoms with E-state index >= 15 is 0 Å². The molecule has 1 fully saturated rings. The lowest BCUT2D eigenvalue weighted by Crippen LogP contribution is -2.18. The molecule has 0 radical (unpaired) electrons. The van der Waals surface area contributed by atoms with Gasteiger partial charge in [0.05, 0.1) is 29.8 Å². The highest BCUT2D eigenvalue weighted by Crippen LogP contribution is 2.40. The number of carbonyl (C=O) groups is 1. The zero-order valence-electron chi connectivity index (χ0n) is 15.1. The second-order valence-electron chi connectivity index (χ2n) is 6.66. The Morgan fingerprint density at radius 1 is 1.21 bits per heavy atom. The standard InChI is InChI=1S/C19H17F3N4O2S/c20-19(21,22)14-5-1-2-6-15(14)23-16(27)11-29-18-25-24-17(12-7-8-12)26(18)10-13-4-3-9-28-13/h1-6,9,12H,7-8,10-11H2,(H,23,27). The number of carbonyl (C=O) groups excluding carboxylic acids is 1. The Morgan fingerprint density at radius 2 is 2.00 bits per heavy atom. The number of nitrogens with one attached hydrogen (secondary N) is 1. The van der Waals surface area contributed by atoms with Gasteiger partial charge in [-0.15, -0.1) is 10.2 Å². The van der Waals surface area contributed by atoms with Crippen molar-refractivity contribution in [3.8, 4) is 0 Å². The summed E-state index contributed by atoms with van der Waals surface area (Å²) in [6.45, 7) is 0.437. The first-order valence-electron chi connectivity index (χ1n) is 8.96. The van der Waals surface area contributed by atoms with Crippen LogP contribution in [0.2, 0.25) is 0 Å². The average molecular weight is 422 g/mol. The fourth-order valence-electron chi connectivity index (χ4n) is 2.91. The number of alkyl halides is 3. The number of benzene rings is 1. The van der Waals surface area contributed by atoms with Crippen molar-refractivity contribution in [2.45, 2.75) is 36.6 Å². The fourth-order valence-corrected chi connectivity index (χ4v) is 3.66. The van der Waals surface area contributed by atoms with Crippen LogP contribution >= 0.6 is 11.8 Å². The van der Waals surface area contributed by atoms with Crippen molar-refractivity contribution < 1.29 is 22.4 Å². The lowest BCUT2D eigenvalue weighted by atomic mass is 10.1. The van der Waals surface area contributed by atoms with Gasteiger partial charge in [-0.1, -0.05) is 23.9 Å². The summed E-state index contributed by atoms with van der Waals surface area (Å²) in [6.07, 6.45) is -0.889. The quantitative estimate of drug-likeness (QED) is 0.566. The number of anilines is 1. The molecular weight excluding hydrogens is 405 g/mol. The number of halogens is 3. The maximum absolute atomic E-state index is 13.1. The highest BCUT2D eigenvalue weighted by Gasteiger charge is 2.34. The predicted octanol–water partition coefficient (Wildman–Crippen LogP) is 4.55. The SMILES string of the molecule is O=C(CSc1nnc(C2CC2)n1Cc1ccco1)Nc1ccccc1C(F)(F)F. The minimum Gasteiger partial charge on any atom is -0.467 e. The first kappa shape index (κ1) is 19.6. The molecule has 2 heterocycles. The third kappa shape index (κ3) is 4.64. The summed E-state index contributed by atoms with van der Waals surface area (Å²) in [4.78, 5) is 12.3. The molecule has 0 saturated heterocycles. The summed E-state index contributed by atoms with van der Waals surface area (Å²) in [5.41, 5.74) is -1.14. The van der Waals surface area contributed by atoms with E-state index in [1.807, 2.05) is 10.6 Å². The van der Waals surface area contributed by atoms with E-state index in [9.17, 15) is 18.0 Å². The van der Waals surface area contributed by atoms with E-state index in [4.69, 9.17) is 4.42 Å². The van der Waals surface area contributed by atoms with Crippen molar-refractivity contribution in [3.05, 3.63) is 59.8 Å². The second-order valence-corrected chi connectivity index (χ2v) is 7.60. The Labute approximate surface area is 168 Å². The fraction of sp³-hybridized carbons (Fsp3) is 0.316. The van der Waals surface area contributed by atoms with Crippen molar-refractivity contribution in [1.82, 2.24) is 14.8 Å². The normalized spacial score (nSPS) is 14.2. The third-order valence-electron chi connectivity index (χ3n) is 4.42. The highest BCUT2D eigenvalue weighted by atomic mass is 32.2. The van der Waals surface area contributed by atoms with E-state index in [1.54, 1.807) is 12.3 Å². The topological polar surface area (TPSA) is 73.0 Å². The number of furan rings is 1. The second kappa shape index (κ2) is 7.94. The van der Waals surface area contributed by atoms with Crippen LogP contribution in [0, 0.1) is 0 Å². The molecule has 1 aromatic carbocycles. The summed E-state index contributed by atoms with van der Waals surface area (Å²) in [6, 6.07) is 8.52. The number of nitrogens with zero attached hydrogens (tertiary/aromatic N) is 3. The molecule has 4 rings (SSSR count).